The Labute approximate surface area is 130 Å². The Balaban J connectivity index is 1.46. The number of likely N-dealkylation sites (tertiary alicyclic amines) is 1. The molecule has 1 aliphatic carbocycles. The van der Waals surface area contributed by atoms with E-state index in [0.29, 0.717) is 36.5 Å². The Morgan fingerprint density at radius 1 is 1.41 bits per heavy atom. The number of amides is 1. The SMILES string of the molecule is Cc1ccc(CNC(=O)CN2CC3CCC(N)C3C2)cc1F. The molecule has 3 unspecified atom stereocenters. The van der Waals surface area contributed by atoms with Crippen molar-refractivity contribution < 1.29 is 9.18 Å². The van der Waals surface area contributed by atoms with Gasteiger partial charge in [-0.25, -0.2) is 4.39 Å². The van der Waals surface area contributed by atoms with Gasteiger partial charge >= 0.3 is 0 Å². The first-order valence-electron chi connectivity index (χ1n) is 8.02. The molecule has 1 aromatic rings. The van der Waals surface area contributed by atoms with Gasteiger partial charge in [0.1, 0.15) is 5.82 Å². The summed E-state index contributed by atoms with van der Waals surface area (Å²) in [5.74, 6) is 0.982. The third-order valence-electron chi connectivity index (χ3n) is 5.08. The van der Waals surface area contributed by atoms with Gasteiger partial charge in [-0.1, -0.05) is 12.1 Å². The summed E-state index contributed by atoms with van der Waals surface area (Å²) in [7, 11) is 0. The molecule has 5 heteroatoms. The van der Waals surface area contributed by atoms with Gasteiger partial charge < -0.3 is 11.1 Å². The van der Waals surface area contributed by atoms with Gasteiger partial charge in [0.05, 0.1) is 6.54 Å². The molecule has 2 fully saturated rings. The van der Waals surface area contributed by atoms with Crippen LogP contribution < -0.4 is 11.1 Å². The second-order valence-electron chi connectivity index (χ2n) is 6.72. The molecule has 3 atom stereocenters. The normalized spacial score (nSPS) is 27.9. The molecule has 1 aromatic carbocycles. The largest absolute Gasteiger partial charge is 0.351 e. The van der Waals surface area contributed by atoms with Gasteiger partial charge in [0.2, 0.25) is 5.91 Å². The summed E-state index contributed by atoms with van der Waals surface area (Å²) >= 11 is 0. The molecule has 0 bridgehead atoms. The molecule has 3 rings (SSSR count). The zero-order valence-electron chi connectivity index (χ0n) is 13.0. The summed E-state index contributed by atoms with van der Waals surface area (Å²) < 4.78 is 13.5. The van der Waals surface area contributed by atoms with E-state index in [0.717, 1.165) is 25.1 Å². The molecule has 1 amide bonds. The molecule has 120 valence electrons. The van der Waals surface area contributed by atoms with Gasteiger partial charge in [-0.2, -0.15) is 0 Å². The van der Waals surface area contributed by atoms with Gasteiger partial charge in [-0.15, -0.1) is 0 Å². The van der Waals surface area contributed by atoms with E-state index in [2.05, 4.69) is 10.2 Å². The summed E-state index contributed by atoms with van der Waals surface area (Å²) in [6, 6.07) is 5.36. The van der Waals surface area contributed by atoms with E-state index in [4.69, 9.17) is 5.73 Å². The first-order chi connectivity index (χ1) is 10.5. The second kappa shape index (κ2) is 6.34. The molecule has 1 saturated carbocycles. The highest BCUT2D eigenvalue weighted by atomic mass is 19.1. The van der Waals surface area contributed by atoms with E-state index in [1.54, 1.807) is 13.0 Å². The van der Waals surface area contributed by atoms with Crippen LogP contribution in [-0.2, 0) is 11.3 Å². The highest BCUT2D eigenvalue weighted by Gasteiger charge is 2.41. The standard InChI is InChI=1S/C17H24FN3O/c1-11-2-3-12(6-15(11)18)7-20-17(22)10-21-8-13-4-5-16(19)14(13)9-21/h2-3,6,13-14,16H,4-5,7-10,19H2,1H3,(H,20,22). The number of benzene rings is 1. The first kappa shape index (κ1) is 15.4. The van der Waals surface area contributed by atoms with Crippen molar-refractivity contribution in [2.24, 2.45) is 17.6 Å². The zero-order valence-corrected chi connectivity index (χ0v) is 13.0. The monoisotopic (exact) mass is 305 g/mol. The lowest BCUT2D eigenvalue weighted by atomic mass is 9.98. The van der Waals surface area contributed by atoms with Crippen molar-refractivity contribution in [2.45, 2.75) is 32.4 Å². The Morgan fingerprint density at radius 2 is 2.23 bits per heavy atom. The summed E-state index contributed by atoms with van der Waals surface area (Å²) in [5.41, 5.74) is 7.52. The maximum Gasteiger partial charge on any atom is 0.234 e. The fourth-order valence-corrected chi connectivity index (χ4v) is 3.73. The maximum atomic E-state index is 13.5. The molecule has 1 heterocycles. The Morgan fingerprint density at radius 3 is 2.95 bits per heavy atom. The average Bonchev–Trinajstić information content (AvgIpc) is 3.02. The van der Waals surface area contributed by atoms with Crippen molar-refractivity contribution in [1.82, 2.24) is 10.2 Å². The number of nitrogens with zero attached hydrogens (tertiary/aromatic N) is 1. The molecule has 1 aliphatic heterocycles. The lowest BCUT2D eigenvalue weighted by Crippen LogP contribution is -2.37. The number of fused-ring (bicyclic) bond motifs is 1. The molecule has 3 N–H and O–H groups in total. The number of nitrogens with two attached hydrogens (primary N) is 1. The fourth-order valence-electron chi connectivity index (χ4n) is 3.73. The zero-order chi connectivity index (χ0) is 15.7. The highest BCUT2D eigenvalue weighted by Crippen LogP contribution is 2.36. The number of halogens is 1. The molecular weight excluding hydrogens is 281 g/mol. The van der Waals surface area contributed by atoms with E-state index in [1.165, 1.54) is 12.5 Å². The minimum absolute atomic E-state index is 0.00507. The lowest BCUT2D eigenvalue weighted by molar-refractivity contribution is -0.122. The number of carbonyl (C=O) groups is 1. The molecule has 1 saturated heterocycles. The van der Waals surface area contributed by atoms with Crippen LogP contribution in [0.3, 0.4) is 0 Å². The van der Waals surface area contributed by atoms with Crippen LogP contribution in [0.15, 0.2) is 18.2 Å². The highest BCUT2D eigenvalue weighted by molar-refractivity contribution is 5.78. The van der Waals surface area contributed by atoms with Crippen molar-refractivity contribution in [2.75, 3.05) is 19.6 Å². The van der Waals surface area contributed by atoms with Crippen LogP contribution in [0, 0.1) is 24.6 Å². The minimum atomic E-state index is -0.229. The topological polar surface area (TPSA) is 58.4 Å². The molecule has 22 heavy (non-hydrogen) atoms. The number of rotatable bonds is 4. The average molecular weight is 305 g/mol. The van der Waals surface area contributed by atoms with Crippen LogP contribution in [0.4, 0.5) is 4.39 Å². The number of nitrogens with one attached hydrogen (secondary N) is 1. The van der Waals surface area contributed by atoms with Gasteiger partial charge in [0.25, 0.3) is 0 Å². The van der Waals surface area contributed by atoms with Crippen molar-refractivity contribution >= 4 is 5.91 Å². The fraction of sp³-hybridized carbons (Fsp3) is 0.588. The van der Waals surface area contributed by atoms with Crippen molar-refractivity contribution in [3.63, 3.8) is 0 Å². The lowest BCUT2D eigenvalue weighted by Gasteiger charge is -2.17. The van der Waals surface area contributed by atoms with E-state index in [1.807, 2.05) is 6.07 Å². The predicted molar refractivity (Wildman–Crippen MR) is 83.6 cm³/mol. The van der Waals surface area contributed by atoms with Crippen LogP contribution in [0.2, 0.25) is 0 Å². The first-order valence-corrected chi connectivity index (χ1v) is 8.02. The molecule has 0 spiro atoms. The summed E-state index contributed by atoms with van der Waals surface area (Å²) in [5, 5.41) is 2.87. The van der Waals surface area contributed by atoms with E-state index >= 15 is 0 Å². The Bertz CT molecular complexity index is 563. The summed E-state index contributed by atoms with van der Waals surface area (Å²) in [6.07, 6.45) is 2.31. The number of aryl methyl sites for hydroxylation is 1. The van der Waals surface area contributed by atoms with Crippen LogP contribution in [-0.4, -0.2) is 36.5 Å². The molecule has 2 aliphatic rings. The number of hydrogen-bond acceptors (Lipinski definition) is 3. The van der Waals surface area contributed by atoms with Gasteiger partial charge in [0.15, 0.2) is 0 Å². The minimum Gasteiger partial charge on any atom is -0.351 e. The molecule has 0 aromatic heterocycles. The second-order valence-corrected chi connectivity index (χ2v) is 6.72. The smallest absolute Gasteiger partial charge is 0.234 e. The summed E-state index contributed by atoms with van der Waals surface area (Å²) in [6.45, 7) is 4.42. The third-order valence-corrected chi connectivity index (χ3v) is 5.08. The predicted octanol–water partition coefficient (Wildman–Crippen LogP) is 1.42. The maximum absolute atomic E-state index is 13.5. The molecular formula is C17H24FN3O. The Kier molecular flexibility index (Phi) is 4.45. The Hall–Kier alpha value is -1.46. The number of carbonyl (C=O) groups excluding carboxylic acids is 1. The van der Waals surface area contributed by atoms with E-state index < -0.39 is 0 Å². The van der Waals surface area contributed by atoms with Crippen LogP contribution in [0.25, 0.3) is 0 Å². The quantitative estimate of drug-likeness (QED) is 0.884. The molecule has 4 nitrogen and oxygen atoms in total. The van der Waals surface area contributed by atoms with Crippen LogP contribution in [0.1, 0.15) is 24.0 Å². The van der Waals surface area contributed by atoms with Crippen molar-refractivity contribution in [3.05, 3.63) is 35.1 Å². The van der Waals surface area contributed by atoms with Crippen molar-refractivity contribution in [3.8, 4) is 0 Å². The van der Waals surface area contributed by atoms with Crippen molar-refractivity contribution in [1.29, 1.82) is 0 Å². The van der Waals surface area contributed by atoms with E-state index in [9.17, 15) is 9.18 Å². The van der Waals surface area contributed by atoms with Crippen LogP contribution >= 0.6 is 0 Å². The van der Waals surface area contributed by atoms with Gasteiger partial charge in [0, 0.05) is 25.7 Å². The van der Waals surface area contributed by atoms with Crippen LogP contribution in [0.5, 0.6) is 0 Å². The summed E-state index contributed by atoms with van der Waals surface area (Å²) in [4.78, 5) is 14.2. The third kappa shape index (κ3) is 3.31. The van der Waals surface area contributed by atoms with Gasteiger partial charge in [-0.05, 0) is 48.8 Å². The molecule has 0 radical (unpaired) electrons. The van der Waals surface area contributed by atoms with Gasteiger partial charge in [-0.3, -0.25) is 9.69 Å². The number of hydrogen-bond donors (Lipinski definition) is 2. The van der Waals surface area contributed by atoms with E-state index in [-0.39, 0.29) is 11.7 Å².